The van der Waals surface area contributed by atoms with E-state index < -0.39 is 6.10 Å². The fraction of sp³-hybridized carbons (Fsp3) is 0.400. The molecule has 1 aliphatic rings. The Hall–Kier alpha value is -2.40. The van der Waals surface area contributed by atoms with Gasteiger partial charge in [-0.2, -0.15) is 0 Å². The van der Waals surface area contributed by atoms with Crippen LogP contribution in [0.4, 0.5) is 0 Å². The summed E-state index contributed by atoms with van der Waals surface area (Å²) in [6.45, 7) is 7.95. The van der Waals surface area contributed by atoms with Gasteiger partial charge in [0.1, 0.15) is 5.75 Å². The molecule has 25 heavy (non-hydrogen) atoms. The van der Waals surface area contributed by atoms with E-state index >= 15 is 0 Å². The van der Waals surface area contributed by atoms with Crippen LogP contribution in [0, 0.1) is 6.92 Å². The average molecular weight is 339 g/mol. The van der Waals surface area contributed by atoms with Crippen molar-refractivity contribution in [2.45, 2.75) is 26.5 Å². The first-order valence-electron chi connectivity index (χ1n) is 8.75. The Bertz CT molecular complexity index is 680. The van der Waals surface area contributed by atoms with Crippen molar-refractivity contribution in [1.82, 2.24) is 14.8 Å². The topological polar surface area (TPSA) is 45.7 Å². The highest BCUT2D eigenvalue weighted by molar-refractivity contribution is 5.81. The molecule has 0 radical (unpaired) electrons. The predicted molar refractivity (Wildman–Crippen MR) is 97.4 cm³/mol. The molecule has 1 atom stereocenters. The second-order valence-corrected chi connectivity index (χ2v) is 6.54. The molecule has 0 spiro atoms. The maximum atomic E-state index is 12.6. The van der Waals surface area contributed by atoms with Gasteiger partial charge in [-0.05, 0) is 37.6 Å². The first kappa shape index (κ1) is 17.4. The normalized spacial score (nSPS) is 16.5. The number of rotatable bonds is 5. The summed E-state index contributed by atoms with van der Waals surface area (Å²) >= 11 is 0. The summed E-state index contributed by atoms with van der Waals surface area (Å²) in [5, 5.41) is 0. The van der Waals surface area contributed by atoms with Crippen molar-refractivity contribution < 1.29 is 9.53 Å². The van der Waals surface area contributed by atoms with E-state index in [4.69, 9.17) is 4.74 Å². The lowest BCUT2D eigenvalue weighted by molar-refractivity contribution is -0.139. The molecule has 0 N–H and O–H groups in total. The summed E-state index contributed by atoms with van der Waals surface area (Å²) in [5.74, 6) is 0.795. The number of amides is 1. The molecule has 3 rings (SSSR count). The Morgan fingerprint density at radius 3 is 2.52 bits per heavy atom. The number of nitrogens with zero attached hydrogens (tertiary/aromatic N) is 3. The first-order valence-corrected chi connectivity index (χ1v) is 8.75. The van der Waals surface area contributed by atoms with Gasteiger partial charge in [-0.25, -0.2) is 0 Å². The third kappa shape index (κ3) is 4.79. The van der Waals surface area contributed by atoms with Gasteiger partial charge in [-0.3, -0.25) is 14.7 Å². The highest BCUT2D eigenvalue weighted by atomic mass is 16.5. The molecule has 5 nitrogen and oxygen atoms in total. The number of pyridine rings is 1. The molecule has 1 saturated heterocycles. The Morgan fingerprint density at radius 1 is 1.16 bits per heavy atom. The molecular formula is C20H25N3O2. The molecule has 1 amide bonds. The van der Waals surface area contributed by atoms with Crippen LogP contribution in [0.25, 0.3) is 0 Å². The molecule has 1 aromatic heterocycles. The van der Waals surface area contributed by atoms with Crippen LogP contribution < -0.4 is 4.74 Å². The molecule has 1 unspecified atom stereocenters. The third-order valence-corrected chi connectivity index (χ3v) is 4.49. The van der Waals surface area contributed by atoms with Gasteiger partial charge in [0.05, 0.1) is 0 Å². The van der Waals surface area contributed by atoms with Crippen LogP contribution in [0.15, 0.2) is 48.8 Å². The van der Waals surface area contributed by atoms with Crippen molar-refractivity contribution in [2.75, 3.05) is 26.2 Å². The predicted octanol–water partition coefficient (Wildman–Crippen LogP) is 2.50. The smallest absolute Gasteiger partial charge is 0.263 e. The highest BCUT2D eigenvalue weighted by Gasteiger charge is 2.26. The maximum absolute atomic E-state index is 12.6. The van der Waals surface area contributed by atoms with E-state index in [2.05, 4.69) is 16.0 Å². The zero-order valence-corrected chi connectivity index (χ0v) is 14.9. The van der Waals surface area contributed by atoms with Gasteiger partial charge in [0.25, 0.3) is 5.91 Å². The van der Waals surface area contributed by atoms with Gasteiger partial charge in [0, 0.05) is 45.1 Å². The summed E-state index contributed by atoms with van der Waals surface area (Å²) in [7, 11) is 0. The molecule has 132 valence electrons. The molecule has 1 aliphatic heterocycles. The molecule has 0 saturated carbocycles. The lowest BCUT2D eigenvalue weighted by Crippen LogP contribution is -2.51. The van der Waals surface area contributed by atoms with E-state index in [1.807, 2.05) is 55.3 Å². The average Bonchev–Trinajstić information content (AvgIpc) is 2.64. The number of benzene rings is 1. The van der Waals surface area contributed by atoms with Crippen LogP contribution in [0.3, 0.4) is 0 Å². The quantitative estimate of drug-likeness (QED) is 0.840. The SMILES string of the molecule is Cc1ccc(OC(C)C(=O)N2CCN(Cc3cccnc3)CC2)cc1. The minimum Gasteiger partial charge on any atom is -0.481 e. The van der Waals surface area contributed by atoms with Crippen molar-refractivity contribution in [3.63, 3.8) is 0 Å². The van der Waals surface area contributed by atoms with E-state index in [1.165, 1.54) is 11.1 Å². The van der Waals surface area contributed by atoms with Crippen LogP contribution in [0.1, 0.15) is 18.1 Å². The lowest BCUT2D eigenvalue weighted by atomic mass is 10.2. The van der Waals surface area contributed by atoms with Gasteiger partial charge in [-0.15, -0.1) is 0 Å². The number of aryl methyl sites for hydroxylation is 1. The van der Waals surface area contributed by atoms with E-state index in [0.717, 1.165) is 38.5 Å². The van der Waals surface area contributed by atoms with Crippen molar-refractivity contribution in [3.8, 4) is 5.75 Å². The standard InChI is InChI=1S/C20H25N3O2/c1-16-5-7-19(8-6-16)25-17(2)20(24)23-12-10-22(11-13-23)15-18-4-3-9-21-14-18/h3-9,14,17H,10-13,15H2,1-2H3. The molecule has 5 heteroatoms. The van der Waals surface area contributed by atoms with E-state index in [0.29, 0.717) is 0 Å². The summed E-state index contributed by atoms with van der Waals surface area (Å²) < 4.78 is 5.79. The Labute approximate surface area is 149 Å². The monoisotopic (exact) mass is 339 g/mol. The third-order valence-electron chi connectivity index (χ3n) is 4.49. The van der Waals surface area contributed by atoms with Crippen molar-refractivity contribution in [1.29, 1.82) is 0 Å². The Morgan fingerprint density at radius 2 is 1.88 bits per heavy atom. The van der Waals surface area contributed by atoms with Crippen molar-refractivity contribution >= 4 is 5.91 Å². The second-order valence-electron chi connectivity index (χ2n) is 6.54. The van der Waals surface area contributed by atoms with Crippen LogP contribution in [0.5, 0.6) is 5.75 Å². The number of aromatic nitrogens is 1. The summed E-state index contributed by atoms with van der Waals surface area (Å²) in [4.78, 5) is 21.0. The molecule has 2 heterocycles. The molecular weight excluding hydrogens is 314 g/mol. The molecule has 0 bridgehead atoms. The van der Waals surface area contributed by atoms with Gasteiger partial charge in [-0.1, -0.05) is 23.8 Å². The zero-order valence-electron chi connectivity index (χ0n) is 14.9. The number of carbonyl (C=O) groups is 1. The Balaban J connectivity index is 1.48. The number of hydrogen-bond acceptors (Lipinski definition) is 4. The highest BCUT2D eigenvalue weighted by Crippen LogP contribution is 2.15. The van der Waals surface area contributed by atoms with Gasteiger partial charge in [0.15, 0.2) is 6.10 Å². The molecule has 0 aliphatic carbocycles. The number of piperazine rings is 1. The molecule has 1 aromatic carbocycles. The van der Waals surface area contributed by atoms with Crippen LogP contribution in [0.2, 0.25) is 0 Å². The van der Waals surface area contributed by atoms with Crippen LogP contribution >= 0.6 is 0 Å². The number of carbonyl (C=O) groups excluding carboxylic acids is 1. The fourth-order valence-corrected chi connectivity index (χ4v) is 3.00. The maximum Gasteiger partial charge on any atom is 0.263 e. The minimum atomic E-state index is -0.465. The lowest BCUT2D eigenvalue weighted by Gasteiger charge is -2.35. The summed E-state index contributed by atoms with van der Waals surface area (Å²) in [5.41, 5.74) is 2.38. The van der Waals surface area contributed by atoms with Gasteiger partial charge < -0.3 is 9.64 Å². The van der Waals surface area contributed by atoms with Crippen molar-refractivity contribution in [2.24, 2.45) is 0 Å². The molecule has 2 aromatic rings. The Kier molecular flexibility index (Phi) is 5.66. The number of hydrogen-bond donors (Lipinski definition) is 0. The van der Waals surface area contributed by atoms with E-state index in [-0.39, 0.29) is 5.91 Å². The van der Waals surface area contributed by atoms with Crippen LogP contribution in [-0.4, -0.2) is 53.0 Å². The van der Waals surface area contributed by atoms with Crippen LogP contribution in [-0.2, 0) is 11.3 Å². The second kappa shape index (κ2) is 8.12. The zero-order chi connectivity index (χ0) is 17.6. The van der Waals surface area contributed by atoms with Gasteiger partial charge >= 0.3 is 0 Å². The number of ether oxygens (including phenoxy) is 1. The summed E-state index contributed by atoms with van der Waals surface area (Å²) in [6.07, 6.45) is 3.22. The molecule has 1 fully saturated rings. The fourth-order valence-electron chi connectivity index (χ4n) is 3.00. The summed E-state index contributed by atoms with van der Waals surface area (Å²) in [6, 6.07) is 11.8. The minimum absolute atomic E-state index is 0.0570. The first-order chi connectivity index (χ1) is 12.1. The van der Waals surface area contributed by atoms with E-state index in [9.17, 15) is 4.79 Å². The van der Waals surface area contributed by atoms with E-state index in [1.54, 1.807) is 6.20 Å². The van der Waals surface area contributed by atoms with Gasteiger partial charge in [0.2, 0.25) is 0 Å². The largest absolute Gasteiger partial charge is 0.481 e. The van der Waals surface area contributed by atoms with Crippen molar-refractivity contribution in [3.05, 3.63) is 59.9 Å².